The van der Waals surface area contributed by atoms with Gasteiger partial charge in [0.25, 0.3) is 0 Å². The number of hydrogen-bond donors (Lipinski definition) is 1. The first kappa shape index (κ1) is 23.1. The Kier molecular flexibility index (Phi) is 6.55. The van der Waals surface area contributed by atoms with Crippen LogP contribution < -0.4 is 14.0 Å². The van der Waals surface area contributed by atoms with E-state index in [0.29, 0.717) is 22.8 Å². The van der Waals surface area contributed by atoms with Crippen molar-refractivity contribution in [2.75, 3.05) is 7.11 Å². The molecule has 0 fully saturated rings. The molecule has 0 bridgehead atoms. The first-order valence-electron chi connectivity index (χ1n) is 10.7. The van der Waals surface area contributed by atoms with E-state index in [0.717, 1.165) is 15.4 Å². The van der Waals surface area contributed by atoms with Gasteiger partial charge in [-0.15, -0.1) is 0 Å². The van der Waals surface area contributed by atoms with Gasteiger partial charge in [0.05, 0.1) is 12.0 Å². The molecular formula is C27H21O6PS. The van der Waals surface area contributed by atoms with Crippen LogP contribution >= 0.6 is 19.6 Å². The largest absolute Gasteiger partial charge is 0.584 e. The van der Waals surface area contributed by atoms with Gasteiger partial charge in [-0.3, -0.25) is 4.89 Å². The van der Waals surface area contributed by atoms with E-state index < -0.39 is 7.82 Å². The SMILES string of the molecule is COc1cccc2c1Sc1ccccc1C=C2OP(=O)(O)Oc1ccc(Oc2ccccc2)cc1. The summed E-state index contributed by atoms with van der Waals surface area (Å²) in [7, 11) is -2.95. The summed E-state index contributed by atoms with van der Waals surface area (Å²) in [5.74, 6) is 2.28. The summed E-state index contributed by atoms with van der Waals surface area (Å²) in [6, 6.07) is 28.9. The second-order valence-electron chi connectivity index (χ2n) is 7.52. The van der Waals surface area contributed by atoms with E-state index in [9.17, 15) is 9.46 Å². The maximum Gasteiger partial charge on any atom is 0.584 e. The van der Waals surface area contributed by atoms with Crippen LogP contribution in [-0.2, 0) is 9.09 Å². The molecule has 0 aliphatic carbocycles. The van der Waals surface area contributed by atoms with E-state index >= 15 is 0 Å². The van der Waals surface area contributed by atoms with Gasteiger partial charge in [0.2, 0.25) is 0 Å². The van der Waals surface area contributed by atoms with Crippen molar-refractivity contribution in [1.29, 1.82) is 0 Å². The Bertz CT molecular complexity index is 1420. The summed E-state index contributed by atoms with van der Waals surface area (Å²) in [6.07, 6.45) is 1.73. The van der Waals surface area contributed by atoms with Gasteiger partial charge in [-0.1, -0.05) is 54.2 Å². The molecule has 5 rings (SSSR count). The lowest BCUT2D eigenvalue weighted by atomic mass is 10.1. The normalized spacial score (nSPS) is 13.8. The first-order chi connectivity index (χ1) is 17.0. The predicted octanol–water partition coefficient (Wildman–Crippen LogP) is 7.65. The van der Waals surface area contributed by atoms with E-state index in [1.165, 1.54) is 11.8 Å². The van der Waals surface area contributed by atoms with Crippen LogP contribution in [0, 0.1) is 0 Å². The maximum atomic E-state index is 13.0. The number of phosphoric ester groups is 1. The van der Waals surface area contributed by atoms with Crippen molar-refractivity contribution in [3.8, 4) is 23.0 Å². The number of hydrogen-bond acceptors (Lipinski definition) is 6. The van der Waals surface area contributed by atoms with Crippen LogP contribution in [0.1, 0.15) is 11.1 Å². The van der Waals surface area contributed by atoms with Gasteiger partial charge in [-0.2, -0.15) is 0 Å². The molecule has 4 aromatic carbocycles. The molecule has 1 aliphatic heterocycles. The van der Waals surface area contributed by atoms with Crippen molar-refractivity contribution in [1.82, 2.24) is 0 Å². The summed E-state index contributed by atoms with van der Waals surface area (Å²) in [6.45, 7) is 0. The van der Waals surface area contributed by atoms with Gasteiger partial charge in [-0.05, 0) is 66.2 Å². The van der Waals surface area contributed by atoms with E-state index in [-0.39, 0.29) is 11.5 Å². The zero-order chi connectivity index (χ0) is 24.3. The molecule has 0 radical (unpaired) electrons. The minimum absolute atomic E-state index is 0.172. The molecular weight excluding hydrogens is 483 g/mol. The molecule has 4 aromatic rings. The third-order valence-corrected chi connectivity index (χ3v) is 7.20. The first-order valence-corrected chi connectivity index (χ1v) is 13.0. The highest BCUT2D eigenvalue weighted by Gasteiger charge is 2.30. The van der Waals surface area contributed by atoms with Crippen LogP contribution in [0.25, 0.3) is 11.8 Å². The minimum Gasteiger partial charge on any atom is -0.496 e. The third kappa shape index (κ3) is 5.38. The Morgan fingerprint density at radius 1 is 0.743 bits per heavy atom. The van der Waals surface area contributed by atoms with Crippen molar-refractivity contribution in [3.05, 3.63) is 108 Å². The molecule has 0 saturated carbocycles. The summed E-state index contributed by atoms with van der Waals surface area (Å²) in [5, 5.41) is 0. The summed E-state index contributed by atoms with van der Waals surface area (Å²) in [4.78, 5) is 12.4. The van der Waals surface area contributed by atoms with Crippen molar-refractivity contribution >= 4 is 31.4 Å². The Balaban J connectivity index is 1.39. The zero-order valence-corrected chi connectivity index (χ0v) is 20.4. The van der Waals surface area contributed by atoms with Gasteiger partial charge in [0, 0.05) is 10.5 Å². The number of benzene rings is 4. The molecule has 0 spiro atoms. The number of fused-ring (bicyclic) bond motifs is 2. The summed E-state index contributed by atoms with van der Waals surface area (Å²) < 4.78 is 35.3. The molecule has 176 valence electrons. The van der Waals surface area contributed by atoms with E-state index in [2.05, 4.69) is 0 Å². The molecule has 35 heavy (non-hydrogen) atoms. The summed E-state index contributed by atoms with van der Waals surface area (Å²) in [5.41, 5.74) is 1.49. The van der Waals surface area contributed by atoms with Crippen molar-refractivity contribution in [2.24, 2.45) is 0 Å². The Morgan fingerprint density at radius 3 is 2.20 bits per heavy atom. The fraction of sp³-hybridized carbons (Fsp3) is 0.0370. The molecule has 0 saturated heterocycles. The van der Waals surface area contributed by atoms with Crippen molar-refractivity contribution in [3.63, 3.8) is 0 Å². The van der Waals surface area contributed by atoms with Crippen LogP contribution in [0.2, 0.25) is 0 Å². The molecule has 1 unspecified atom stereocenters. The highest BCUT2D eigenvalue weighted by molar-refractivity contribution is 7.99. The van der Waals surface area contributed by atoms with Crippen molar-refractivity contribution < 1.29 is 28.0 Å². The standard InChI is InChI=1S/C27H21O6PS/c1-30-24-12-7-11-23-25(18-19-8-5-6-13-26(19)35-27(23)24)33-34(28,29)32-22-16-14-21(15-17-22)31-20-9-3-2-4-10-20/h2-18H,1H3,(H,28,29). The van der Waals surface area contributed by atoms with Crippen LogP contribution in [0.15, 0.2) is 107 Å². The molecule has 0 amide bonds. The number of methoxy groups -OCH3 is 1. The fourth-order valence-corrected chi connectivity index (χ4v) is 5.51. The van der Waals surface area contributed by atoms with Crippen LogP contribution in [0.4, 0.5) is 0 Å². The van der Waals surface area contributed by atoms with Gasteiger partial charge in [0.1, 0.15) is 28.8 Å². The van der Waals surface area contributed by atoms with Gasteiger partial charge < -0.3 is 18.5 Å². The van der Waals surface area contributed by atoms with E-state index in [4.69, 9.17) is 18.5 Å². The lowest BCUT2D eigenvalue weighted by molar-refractivity contribution is 0.277. The zero-order valence-electron chi connectivity index (χ0n) is 18.7. The van der Waals surface area contributed by atoms with Gasteiger partial charge >= 0.3 is 7.82 Å². The highest BCUT2D eigenvalue weighted by Crippen LogP contribution is 2.52. The number of rotatable bonds is 7. The molecule has 0 aromatic heterocycles. The molecule has 1 aliphatic rings. The predicted molar refractivity (Wildman–Crippen MR) is 136 cm³/mol. The third-order valence-electron chi connectivity index (χ3n) is 5.12. The van der Waals surface area contributed by atoms with E-state index in [1.54, 1.807) is 43.5 Å². The van der Waals surface area contributed by atoms with Gasteiger partial charge in [0.15, 0.2) is 0 Å². The molecule has 1 heterocycles. The second kappa shape index (κ2) is 9.92. The molecule has 1 atom stereocenters. The van der Waals surface area contributed by atoms with Crippen molar-refractivity contribution in [2.45, 2.75) is 9.79 Å². The molecule has 6 nitrogen and oxygen atoms in total. The lowest BCUT2D eigenvalue weighted by Crippen LogP contribution is -1.99. The van der Waals surface area contributed by atoms with Crippen LogP contribution in [-0.4, -0.2) is 12.0 Å². The number of para-hydroxylation sites is 1. The quantitative estimate of drug-likeness (QED) is 0.259. The average Bonchev–Trinajstić information content (AvgIpc) is 3.01. The van der Waals surface area contributed by atoms with Gasteiger partial charge in [-0.25, -0.2) is 4.57 Å². The van der Waals surface area contributed by atoms with Crippen LogP contribution in [0.3, 0.4) is 0 Å². The van der Waals surface area contributed by atoms with Crippen LogP contribution in [0.5, 0.6) is 23.0 Å². The Labute approximate surface area is 207 Å². The number of ether oxygens (including phenoxy) is 2. The summed E-state index contributed by atoms with van der Waals surface area (Å²) >= 11 is 1.51. The Hall–Kier alpha value is -3.64. The minimum atomic E-state index is -4.53. The second-order valence-corrected chi connectivity index (χ2v) is 9.88. The number of phosphoric acid groups is 1. The lowest BCUT2D eigenvalue weighted by Gasteiger charge is -2.18. The fourth-order valence-electron chi connectivity index (χ4n) is 3.54. The maximum absolute atomic E-state index is 13.0. The highest BCUT2D eigenvalue weighted by atomic mass is 32.2. The van der Waals surface area contributed by atoms with E-state index in [1.807, 2.05) is 66.7 Å². The Morgan fingerprint density at radius 2 is 1.43 bits per heavy atom. The average molecular weight is 505 g/mol. The smallest absolute Gasteiger partial charge is 0.496 e. The molecule has 8 heteroatoms. The topological polar surface area (TPSA) is 74.2 Å². The molecule has 1 N–H and O–H groups in total. The monoisotopic (exact) mass is 504 g/mol.